The van der Waals surface area contributed by atoms with Crippen molar-refractivity contribution in [3.63, 3.8) is 0 Å². The Morgan fingerprint density at radius 3 is 2.24 bits per heavy atom. The fourth-order valence-electron chi connectivity index (χ4n) is 2.24. The van der Waals surface area contributed by atoms with E-state index in [2.05, 4.69) is 16.0 Å². The van der Waals surface area contributed by atoms with Crippen LogP contribution < -0.4 is 20.7 Å². The van der Waals surface area contributed by atoms with Gasteiger partial charge < -0.3 is 25.8 Å². The molecule has 0 aliphatic heterocycles. The summed E-state index contributed by atoms with van der Waals surface area (Å²) >= 11 is 23.1. The van der Waals surface area contributed by atoms with E-state index in [0.717, 1.165) is 0 Å². The van der Waals surface area contributed by atoms with Gasteiger partial charge in [-0.2, -0.15) is 0 Å². The van der Waals surface area contributed by atoms with Crippen LogP contribution in [0.1, 0.15) is 20.7 Å². The normalized spacial score (nSPS) is 11.9. The van der Waals surface area contributed by atoms with Crippen molar-refractivity contribution in [1.82, 2.24) is 10.6 Å². The molecule has 0 aliphatic carbocycles. The number of thiocarbonyl (C=S) groups is 1. The number of carboxylic acids is 1. The van der Waals surface area contributed by atoms with E-state index in [9.17, 15) is 9.59 Å². The molecular weight excluding hydrogens is 461 g/mol. The lowest BCUT2D eigenvalue weighted by Crippen LogP contribution is -2.56. The van der Waals surface area contributed by atoms with Crippen LogP contribution in [-0.2, 0) is 0 Å². The van der Waals surface area contributed by atoms with Gasteiger partial charge >= 0.3 is 5.97 Å². The van der Waals surface area contributed by atoms with E-state index in [4.69, 9.17) is 56.9 Å². The zero-order chi connectivity index (χ0) is 21.6. The highest BCUT2D eigenvalue weighted by Gasteiger charge is 2.35. The van der Waals surface area contributed by atoms with Gasteiger partial charge in [-0.25, -0.2) is 4.79 Å². The van der Waals surface area contributed by atoms with E-state index in [1.54, 1.807) is 24.3 Å². The SMILES string of the molecule is COc1ccccc1C(=O)N[C@@H](NC(=S)Nc1ccc(C(=O)O)cc1)C(Cl)(Cl)Cl. The minimum absolute atomic E-state index is 0.0460. The molecule has 2 aromatic carbocycles. The van der Waals surface area contributed by atoms with Crippen molar-refractivity contribution in [3.8, 4) is 5.75 Å². The summed E-state index contributed by atoms with van der Waals surface area (Å²) in [4.78, 5) is 23.5. The molecule has 29 heavy (non-hydrogen) atoms. The molecule has 0 saturated heterocycles. The van der Waals surface area contributed by atoms with Crippen LogP contribution >= 0.6 is 47.0 Å². The van der Waals surface area contributed by atoms with Crippen LogP contribution in [0, 0.1) is 0 Å². The minimum atomic E-state index is -1.93. The molecule has 0 spiro atoms. The largest absolute Gasteiger partial charge is 0.496 e. The van der Waals surface area contributed by atoms with Gasteiger partial charge in [0.1, 0.15) is 11.9 Å². The molecule has 2 rings (SSSR count). The molecule has 0 bridgehead atoms. The zero-order valence-corrected chi connectivity index (χ0v) is 18.0. The quantitative estimate of drug-likeness (QED) is 0.286. The number of nitrogens with one attached hydrogen (secondary N) is 3. The molecule has 7 nitrogen and oxygen atoms in total. The Kier molecular flexibility index (Phi) is 7.92. The van der Waals surface area contributed by atoms with Crippen LogP contribution in [0.2, 0.25) is 0 Å². The van der Waals surface area contributed by atoms with Gasteiger partial charge in [-0.05, 0) is 48.6 Å². The molecule has 0 heterocycles. The van der Waals surface area contributed by atoms with E-state index >= 15 is 0 Å². The Hall–Kier alpha value is -2.26. The van der Waals surface area contributed by atoms with Crippen LogP contribution in [0.5, 0.6) is 5.75 Å². The van der Waals surface area contributed by atoms with E-state index in [1.165, 1.54) is 31.4 Å². The van der Waals surface area contributed by atoms with E-state index in [-0.39, 0.29) is 16.2 Å². The second-order valence-electron chi connectivity index (χ2n) is 5.63. The highest BCUT2D eigenvalue weighted by Crippen LogP contribution is 2.30. The van der Waals surface area contributed by atoms with Crippen LogP contribution in [0.15, 0.2) is 48.5 Å². The maximum Gasteiger partial charge on any atom is 0.335 e. The monoisotopic (exact) mass is 475 g/mol. The summed E-state index contributed by atoms with van der Waals surface area (Å²) in [6.07, 6.45) is -1.18. The maximum absolute atomic E-state index is 12.6. The Bertz CT molecular complexity index is 904. The number of anilines is 1. The number of carbonyl (C=O) groups excluding carboxylic acids is 1. The number of methoxy groups -OCH3 is 1. The molecule has 4 N–H and O–H groups in total. The molecule has 0 radical (unpaired) electrons. The van der Waals surface area contributed by atoms with Gasteiger partial charge in [0.15, 0.2) is 5.11 Å². The molecule has 1 atom stereocenters. The van der Waals surface area contributed by atoms with E-state index in [0.29, 0.717) is 11.4 Å². The Morgan fingerprint density at radius 2 is 1.69 bits per heavy atom. The molecule has 0 fully saturated rings. The number of carbonyl (C=O) groups is 2. The lowest BCUT2D eigenvalue weighted by Gasteiger charge is -2.28. The predicted molar refractivity (Wildman–Crippen MR) is 117 cm³/mol. The van der Waals surface area contributed by atoms with Gasteiger partial charge in [-0.15, -0.1) is 0 Å². The third-order valence-corrected chi connectivity index (χ3v) is 4.49. The molecule has 0 aromatic heterocycles. The van der Waals surface area contributed by atoms with Gasteiger partial charge in [-0.3, -0.25) is 4.79 Å². The van der Waals surface area contributed by atoms with Crippen molar-refractivity contribution >= 4 is 69.7 Å². The number of hydrogen-bond donors (Lipinski definition) is 4. The number of ether oxygens (including phenoxy) is 1. The van der Waals surface area contributed by atoms with Crippen molar-refractivity contribution in [1.29, 1.82) is 0 Å². The second-order valence-corrected chi connectivity index (χ2v) is 8.41. The van der Waals surface area contributed by atoms with Gasteiger partial charge in [-0.1, -0.05) is 46.9 Å². The predicted octanol–water partition coefficient (Wildman–Crippen LogP) is 3.81. The van der Waals surface area contributed by atoms with E-state index < -0.39 is 21.8 Å². The second kappa shape index (κ2) is 9.98. The summed E-state index contributed by atoms with van der Waals surface area (Å²) in [5.74, 6) is -1.24. The topological polar surface area (TPSA) is 99.7 Å². The van der Waals surface area contributed by atoms with Crippen LogP contribution in [0.25, 0.3) is 0 Å². The van der Waals surface area contributed by atoms with Gasteiger partial charge in [0.25, 0.3) is 5.91 Å². The molecule has 1 amide bonds. The van der Waals surface area contributed by atoms with Crippen molar-refractivity contribution in [2.45, 2.75) is 9.96 Å². The third kappa shape index (κ3) is 6.64. The van der Waals surface area contributed by atoms with Crippen molar-refractivity contribution in [2.24, 2.45) is 0 Å². The number of aromatic carboxylic acids is 1. The van der Waals surface area contributed by atoms with E-state index in [1.807, 2.05) is 0 Å². The lowest BCUT2D eigenvalue weighted by atomic mass is 10.2. The number of amides is 1. The molecule has 0 unspecified atom stereocenters. The molecule has 154 valence electrons. The average Bonchev–Trinajstić information content (AvgIpc) is 2.67. The number of alkyl halides is 3. The first-order valence-corrected chi connectivity index (χ1v) is 9.57. The fourth-order valence-corrected chi connectivity index (χ4v) is 2.80. The average molecular weight is 477 g/mol. The Morgan fingerprint density at radius 1 is 1.07 bits per heavy atom. The molecule has 11 heteroatoms. The number of hydrogen-bond acceptors (Lipinski definition) is 4. The Labute approximate surface area is 187 Å². The number of benzene rings is 2. The summed E-state index contributed by atoms with van der Waals surface area (Å²) in [7, 11) is 1.44. The number of rotatable bonds is 6. The standard InChI is InChI=1S/C18H16Cl3N3O4S/c1-28-13-5-3-2-4-12(13)14(25)23-16(18(19,20)21)24-17(29)22-11-8-6-10(7-9-11)15(26)27/h2-9,16H,1H3,(H,23,25)(H,26,27)(H2,22,24,29)/t16-/m0/s1. The van der Waals surface area contributed by atoms with Crippen molar-refractivity contribution < 1.29 is 19.4 Å². The fraction of sp³-hybridized carbons (Fsp3) is 0.167. The summed E-state index contributed by atoms with van der Waals surface area (Å²) in [5, 5.41) is 17.1. The minimum Gasteiger partial charge on any atom is -0.496 e. The first-order valence-electron chi connectivity index (χ1n) is 8.03. The molecule has 2 aromatic rings. The molecule has 0 saturated carbocycles. The van der Waals surface area contributed by atoms with Crippen molar-refractivity contribution in [2.75, 3.05) is 12.4 Å². The first-order chi connectivity index (χ1) is 13.6. The zero-order valence-electron chi connectivity index (χ0n) is 14.9. The smallest absolute Gasteiger partial charge is 0.335 e. The maximum atomic E-state index is 12.6. The number of carboxylic acid groups (broad SMARTS) is 1. The van der Waals surface area contributed by atoms with Gasteiger partial charge in [0.2, 0.25) is 3.79 Å². The summed E-state index contributed by atoms with van der Waals surface area (Å²) in [6.45, 7) is 0. The summed E-state index contributed by atoms with van der Waals surface area (Å²) < 4.78 is 3.23. The van der Waals surface area contributed by atoms with Crippen LogP contribution in [0.3, 0.4) is 0 Å². The van der Waals surface area contributed by atoms with Crippen LogP contribution in [-0.4, -0.2) is 39.2 Å². The highest BCUT2D eigenvalue weighted by atomic mass is 35.6. The Balaban J connectivity index is 2.09. The number of para-hydroxylation sites is 1. The molecule has 0 aliphatic rings. The lowest BCUT2D eigenvalue weighted by molar-refractivity contribution is 0.0696. The highest BCUT2D eigenvalue weighted by molar-refractivity contribution is 7.80. The third-order valence-electron chi connectivity index (χ3n) is 3.62. The van der Waals surface area contributed by atoms with Gasteiger partial charge in [0, 0.05) is 5.69 Å². The molecular formula is C18H16Cl3N3O4S. The van der Waals surface area contributed by atoms with Crippen molar-refractivity contribution in [3.05, 3.63) is 59.7 Å². The van der Waals surface area contributed by atoms with Gasteiger partial charge in [0.05, 0.1) is 18.2 Å². The number of halogens is 3. The summed E-state index contributed by atoms with van der Waals surface area (Å²) in [5.41, 5.74) is 0.878. The first kappa shape index (κ1) is 23.0. The van der Waals surface area contributed by atoms with Crippen LogP contribution in [0.4, 0.5) is 5.69 Å². The summed E-state index contributed by atoms with van der Waals surface area (Å²) in [6, 6.07) is 12.4.